The number of amides is 1. The Hall–Kier alpha value is -2.78. The van der Waals surface area contributed by atoms with Crippen LogP contribution >= 0.6 is 20.7 Å². The number of pyridine rings is 1. The molecule has 3 aliphatic rings. The molecule has 59 heavy (non-hydrogen) atoms. The highest BCUT2D eigenvalue weighted by molar-refractivity contribution is 7.81. The summed E-state index contributed by atoms with van der Waals surface area (Å²) in [7, 11) is 2.07. The van der Waals surface area contributed by atoms with Crippen LogP contribution in [0.4, 0.5) is 4.39 Å². The first-order valence-electron chi connectivity index (χ1n) is 22.2. The van der Waals surface area contributed by atoms with Crippen molar-refractivity contribution in [3.05, 3.63) is 82.0 Å². The van der Waals surface area contributed by atoms with Crippen LogP contribution in [0.2, 0.25) is 0 Å². The number of hydrogen-bond acceptors (Lipinski definition) is 7. The minimum Gasteiger partial charge on any atom is -0.380 e. The number of aryl methyl sites for hydroxylation is 2. The number of unbranched alkanes of at least 4 members (excludes halogenated alkanes) is 3. The van der Waals surface area contributed by atoms with Crippen LogP contribution in [-0.2, 0) is 9.59 Å². The molecule has 2 saturated heterocycles. The number of H-pyrrole nitrogens is 1. The summed E-state index contributed by atoms with van der Waals surface area (Å²) in [6, 6.07) is 6.35. The maximum absolute atomic E-state index is 14.3. The van der Waals surface area contributed by atoms with E-state index in [1.807, 2.05) is 52.3 Å². The first kappa shape index (κ1) is 52.4. The molecule has 8 nitrogen and oxygen atoms in total. The lowest BCUT2D eigenvalue weighted by atomic mass is 9.94. The van der Waals surface area contributed by atoms with E-state index < -0.39 is 5.67 Å². The van der Waals surface area contributed by atoms with Crippen LogP contribution in [0.5, 0.6) is 0 Å². The summed E-state index contributed by atoms with van der Waals surface area (Å²) < 4.78 is 14.3. The molecule has 11 heteroatoms. The fourth-order valence-electron chi connectivity index (χ4n) is 7.91. The van der Waals surface area contributed by atoms with Crippen molar-refractivity contribution in [3.63, 3.8) is 0 Å². The summed E-state index contributed by atoms with van der Waals surface area (Å²) in [5.41, 5.74) is 8.86. The van der Waals surface area contributed by atoms with E-state index in [9.17, 15) is 18.8 Å². The molecule has 4 N–H and O–H groups in total. The molecule has 2 aromatic rings. The molecule has 2 aliphatic heterocycles. The number of aromatic amines is 1. The fourth-order valence-corrected chi connectivity index (χ4v) is 8.28. The van der Waals surface area contributed by atoms with Gasteiger partial charge in [-0.25, -0.2) is 4.39 Å². The largest absolute Gasteiger partial charge is 0.380 e. The Kier molecular flexibility index (Phi) is 24.2. The summed E-state index contributed by atoms with van der Waals surface area (Å²) in [5.74, 6) is 0.308. The number of alkyl halides is 1. The zero-order chi connectivity index (χ0) is 44.1. The minimum atomic E-state index is -1.31. The number of allylic oxidation sites excluding steroid dienone is 2. The lowest BCUT2D eigenvalue weighted by Crippen LogP contribution is -2.46. The molecule has 0 spiro atoms. The number of rotatable bonds is 17. The fraction of sp³-hybridized carbons (Fsp3) is 0.646. The number of aromatic nitrogens is 1. The number of nitrogens with one attached hydrogen (secondary N) is 2. The second-order valence-corrected chi connectivity index (χ2v) is 19.4. The molecule has 5 atom stereocenters. The van der Waals surface area contributed by atoms with Crippen LogP contribution in [0.1, 0.15) is 122 Å². The lowest BCUT2D eigenvalue weighted by molar-refractivity contribution is -0.137. The highest BCUT2D eigenvalue weighted by atomic mass is 32.1. The quantitative estimate of drug-likeness (QED) is 0.0415. The first-order chi connectivity index (χ1) is 28.1. The smallest absolute Gasteiger partial charge is 0.255 e. The van der Waals surface area contributed by atoms with Crippen LogP contribution in [0.25, 0.3) is 10.8 Å². The zero-order valence-electron chi connectivity index (χ0n) is 38.0. The van der Waals surface area contributed by atoms with Crippen molar-refractivity contribution in [2.75, 3.05) is 40.0 Å². The summed E-state index contributed by atoms with van der Waals surface area (Å²) in [6.45, 7) is 22.2. The number of piperidine rings is 1. The number of aldehydes is 1. The van der Waals surface area contributed by atoms with E-state index in [-0.39, 0.29) is 49.7 Å². The van der Waals surface area contributed by atoms with Gasteiger partial charge in [0.05, 0.1) is 12.6 Å². The molecule has 4 unspecified atom stereocenters. The number of nitrogens with zero attached hydrogens (tertiary/aromatic N) is 2. The van der Waals surface area contributed by atoms with Gasteiger partial charge in [0.25, 0.3) is 5.56 Å². The van der Waals surface area contributed by atoms with E-state index >= 15 is 0 Å². The summed E-state index contributed by atoms with van der Waals surface area (Å²) >= 11 is 5.05. The Morgan fingerprint density at radius 2 is 1.81 bits per heavy atom. The molecule has 5 rings (SSSR count). The number of benzene rings is 1. The topological polar surface area (TPSA) is 112 Å². The minimum absolute atomic E-state index is 0.0133. The third kappa shape index (κ3) is 18.4. The molecular formula is C48H79FN5O3PS. The maximum atomic E-state index is 14.3. The number of nitrogens with two attached hydrogens (primary N) is 1. The Labute approximate surface area is 363 Å². The number of fused-ring (bicyclic) bond motifs is 1. The van der Waals surface area contributed by atoms with Crippen molar-refractivity contribution in [1.29, 1.82) is 0 Å². The number of carbonyl (C=O) groups is 2. The third-order valence-corrected chi connectivity index (χ3v) is 11.8. The van der Waals surface area contributed by atoms with Crippen LogP contribution in [0.15, 0.2) is 65.3 Å². The number of likely N-dealkylation sites (tertiary alicyclic amines) is 2. The number of hydrogen-bond donors (Lipinski definition) is 4. The van der Waals surface area contributed by atoms with E-state index in [1.165, 1.54) is 36.0 Å². The van der Waals surface area contributed by atoms with E-state index in [1.54, 1.807) is 18.0 Å². The van der Waals surface area contributed by atoms with Gasteiger partial charge in [0.2, 0.25) is 5.91 Å². The van der Waals surface area contributed by atoms with E-state index in [0.29, 0.717) is 37.8 Å². The number of carbonyl (C=O) groups excluding carboxylic acids is 2. The predicted molar refractivity (Wildman–Crippen MR) is 256 cm³/mol. The van der Waals surface area contributed by atoms with Crippen molar-refractivity contribution >= 4 is 43.7 Å². The van der Waals surface area contributed by atoms with Gasteiger partial charge in [-0.15, -0.1) is 0 Å². The van der Waals surface area contributed by atoms with Crippen molar-refractivity contribution < 1.29 is 14.0 Å². The average molecular weight is 856 g/mol. The van der Waals surface area contributed by atoms with Gasteiger partial charge < -0.3 is 25.5 Å². The molecule has 3 fully saturated rings. The van der Waals surface area contributed by atoms with Crippen molar-refractivity contribution in [2.24, 2.45) is 17.3 Å². The third-order valence-electron chi connectivity index (χ3n) is 11.4. The Bertz CT molecular complexity index is 1700. The highest BCUT2D eigenvalue weighted by Crippen LogP contribution is 2.40. The van der Waals surface area contributed by atoms with E-state index in [0.717, 1.165) is 67.8 Å². The molecule has 0 bridgehead atoms. The Morgan fingerprint density at radius 3 is 2.41 bits per heavy atom. The predicted octanol–water partition coefficient (Wildman–Crippen LogP) is 10.4. The molecule has 1 amide bonds. The summed E-state index contributed by atoms with van der Waals surface area (Å²) in [5, 5.41) is 5.69. The van der Waals surface area contributed by atoms with Crippen molar-refractivity contribution in [2.45, 2.75) is 148 Å². The lowest BCUT2D eigenvalue weighted by Gasteiger charge is -2.35. The van der Waals surface area contributed by atoms with Crippen molar-refractivity contribution in [1.82, 2.24) is 20.1 Å². The molecule has 1 aliphatic carbocycles. The van der Waals surface area contributed by atoms with Gasteiger partial charge in [0.15, 0.2) is 0 Å². The van der Waals surface area contributed by atoms with Gasteiger partial charge in [-0.1, -0.05) is 64.5 Å². The monoisotopic (exact) mass is 856 g/mol. The van der Waals surface area contributed by atoms with Crippen LogP contribution in [0.3, 0.4) is 0 Å². The van der Waals surface area contributed by atoms with Gasteiger partial charge >= 0.3 is 0 Å². The van der Waals surface area contributed by atoms with Gasteiger partial charge in [0, 0.05) is 47.5 Å². The van der Waals surface area contributed by atoms with Gasteiger partial charge in [0.1, 0.15) is 12.0 Å². The van der Waals surface area contributed by atoms with Crippen LogP contribution < -0.4 is 16.4 Å². The second-order valence-electron chi connectivity index (χ2n) is 16.9. The normalized spacial score (nSPS) is 21.1. The Morgan fingerprint density at radius 1 is 1.12 bits per heavy atom. The molecule has 1 aromatic heterocycles. The van der Waals surface area contributed by atoms with Gasteiger partial charge in [-0.3, -0.25) is 14.5 Å². The number of halogens is 1. The van der Waals surface area contributed by atoms with Crippen LogP contribution in [0, 0.1) is 25.7 Å². The van der Waals surface area contributed by atoms with Gasteiger partial charge in [-0.2, -0.15) is 12.6 Å². The second kappa shape index (κ2) is 27.2. The number of thiol groups is 1. The van der Waals surface area contributed by atoms with Crippen molar-refractivity contribution in [3.8, 4) is 0 Å². The Balaban J connectivity index is 0.000000517. The molecular weight excluding hydrogens is 777 g/mol. The molecule has 1 aromatic carbocycles. The maximum Gasteiger partial charge on any atom is 0.255 e. The molecule has 1 saturated carbocycles. The number of likely N-dealkylation sites (N-methyl/N-ethyl adjacent to an activating group) is 1. The summed E-state index contributed by atoms with van der Waals surface area (Å²) in [6.07, 6.45) is 21.5. The first-order valence-corrected chi connectivity index (χ1v) is 25.0. The molecule has 332 valence electrons. The molecule has 0 radical (unpaired) electrons. The van der Waals surface area contributed by atoms with Crippen LogP contribution in [-0.4, -0.2) is 90.0 Å². The standard InChI is InChI=1S/C33H54FN3O2S.C11H11NO.C2H8NP.C2H6/c1-5-13-28(27-17-18-27)32(35-25(2)29-15-11-20-36(29)4)30(40)16-10-8-6-7-9-14-26(23-38)22-31(39)37-21-12-19-33(3,34)24-37;1-7-3-4-10-9(8(7)2)5-6-12-11(10)13;1-4(2)3;1-2/h10,13,16,23,26-27,29-30,32,35,40H,2,5-9,11-12,14-15,17-22,24H2,1,3-4H3;3-6H,1-2H3,(H,12,13);3H2,1-2H3;1-2H3/b16-10-,28-13?;;;/t26-,29?,30?,32?,33?;;;/m1.../s1. The summed E-state index contributed by atoms with van der Waals surface area (Å²) in [4.78, 5) is 42.3. The van der Waals surface area contributed by atoms with E-state index in [2.05, 4.69) is 60.9 Å². The van der Waals surface area contributed by atoms with E-state index in [4.69, 9.17) is 18.1 Å². The van der Waals surface area contributed by atoms with Gasteiger partial charge in [-0.05, 0) is 160 Å². The highest BCUT2D eigenvalue weighted by Gasteiger charge is 2.35. The zero-order valence-corrected chi connectivity index (χ0v) is 39.8. The molecule has 3 heterocycles. The SMILES string of the molecule is C=C(NC(C(=CCC)C1CC1)C(S)/C=C\CCCCC[C@@H](C=O)CC(=O)N1CCCC(C)(F)C1)C1CCCN1C.CC.CP(C)N.Cc1ccc2c(=O)[nH]ccc2c1C. The average Bonchev–Trinajstić information content (AvgIpc) is 3.95.